The summed E-state index contributed by atoms with van der Waals surface area (Å²) in [5.74, 6) is 1.86. The summed E-state index contributed by atoms with van der Waals surface area (Å²) in [4.78, 5) is 24.4. The van der Waals surface area contributed by atoms with E-state index in [2.05, 4.69) is 58.1 Å². The van der Waals surface area contributed by atoms with Gasteiger partial charge in [-0.3, -0.25) is 14.5 Å². The molecular weight excluding hydrogens is 536 g/mol. The van der Waals surface area contributed by atoms with Crippen molar-refractivity contribution in [3.63, 3.8) is 0 Å². The largest absolute Gasteiger partial charge is 0.276 e. The Kier molecular flexibility index (Phi) is 4.97. The number of nitrogens with zero attached hydrogens (tertiary/aromatic N) is 6. The van der Waals surface area contributed by atoms with Gasteiger partial charge in [0.15, 0.2) is 11.6 Å². The lowest BCUT2D eigenvalue weighted by molar-refractivity contribution is 0.955. The van der Waals surface area contributed by atoms with Crippen molar-refractivity contribution < 1.29 is 0 Å². The highest BCUT2D eigenvalue weighted by molar-refractivity contribution is 7.27. The Hall–Kier alpha value is -5.53. The van der Waals surface area contributed by atoms with Crippen molar-refractivity contribution in [1.29, 1.82) is 0 Å². The smallest absolute Gasteiger partial charge is 0.238 e. The molecule has 5 aromatic carbocycles. The number of para-hydroxylation sites is 1. The Bertz CT molecular complexity index is 2410. The minimum absolute atomic E-state index is 0.587. The molecule has 0 spiro atoms. The van der Waals surface area contributed by atoms with Gasteiger partial charge in [0.1, 0.15) is 5.52 Å². The highest BCUT2D eigenvalue weighted by Gasteiger charge is 2.21. The number of benzene rings is 5. The van der Waals surface area contributed by atoms with E-state index in [9.17, 15) is 0 Å². The second-order valence-corrected chi connectivity index (χ2v) is 11.2. The molecule has 7 heteroatoms. The van der Waals surface area contributed by atoms with E-state index in [1.165, 1.54) is 15.5 Å². The summed E-state index contributed by atoms with van der Waals surface area (Å²) in [5, 5.41) is 4.66. The van der Waals surface area contributed by atoms with Crippen molar-refractivity contribution in [2.45, 2.75) is 0 Å². The van der Waals surface area contributed by atoms with Gasteiger partial charge in [0.25, 0.3) is 0 Å². The van der Waals surface area contributed by atoms with Gasteiger partial charge in [-0.25, -0.2) is 4.98 Å². The number of aromatic nitrogens is 6. The summed E-state index contributed by atoms with van der Waals surface area (Å²) >= 11 is 1.75. The van der Waals surface area contributed by atoms with E-state index in [-0.39, 0.29) is 0 Å². The first kappa shape index (κ1) is 23.2. The summed E-state index contributed by atoms with van der Waals surface area (Å²) in [6.45, 7) is 0. The standard InChI is InChI=1S/C35H20N6S/c1-3-9-21(10-4-1)33-38-34(22-11-5-2-6-12-22)40-35(39-33)41-28-14-8-7-13-23(28)24-15-16-26-25-17-18-27-29(37-20-19-36-27)31(25)42-32(26)30(24)41/h1-20H. The topological polar surface area (TPSA) is 69.4 Å². The van der Waals surface area contributed by atoms with Crippen molar-refractivity contribution in [2.75, 3.05) is 0 Å². The van der Waals surface area contributed by atoms with Crippen LogP contribution in [-0.2, 0) is 0 Å². The Morgan fingerprint density at radius 3 is 1.88 bits per heavy atom. The Morgan fingerprint density at radius 2 is 1.12 bits per heavy atom. The first-order chi connectivity index (χ1) is 20.8. The molecule has 6 nitrogen and oxygen atoms in total. The van der Waals surface area contributed by atoms with Gasteiger partial charge in [0.05, 0.1) is 25.9 Å². The minimum atomic E-state index is 0.587. The highest BCUT2D eigenvalue weighted by Crippen LogP contribution is 2.44. The van der Waals surface area contributed by atoms with Gasteiger partial charge in [0.2, 0.25) is 5.95 Å². The number of hydrogen-bond acceptors (Lipinski definition) is 6. The van der Waals surface area contributed by atoms with E-state index in [4.69, 9.17) is 19.9 Å². The van der Waals surface area contributed by atoms with Crippen LogP contribution in [0.25, 0.3) is 81.7 Å². The third-order valence-corrected chi connectivity index (χ3v) is 9.00. The minimum Gasteiger partial charge on any atom is -0.276 e. The summed E-state index contributed by atoms with van der Waals surface area (Å²) in [6, 6.07) is 37.3. The molecule has 0 aliphatic rings. The fourth-order valence-electron chi connectivity index (χ4n) is 5.88. The average Bonchev–Trinajstić information content (AvgIpc) is 3.62. The summed E-state index contributed by atoms with van der Waals surface area (Å²) < 4.78 is 4.50. The van der Waals surface area contributed by atoms with E-state index in [1.807, 2.05) is 60.7 Å². The maximum atomic E-state index is 5.11. The maximum absolute atomic E-state index is 5.11. The zero-order valence-electron chi connectivity index (χ0n) is 22.1. The summed E-state index contributed by atoms with van der Waals surface area (Å²) in [7, 11) is 0. The van der Waals surface area contributed by atoms with Crippen LogP contribution in [0.15, 0.2) is 122 Å². The SMILES string of the molecule is c1ccc(-c2nc(-c3ccccc3)nc(-n3c4ccccc4c4ccc5c6ccc7nccnc7c6sc5c43)n2)cc1. The monoisotopic (exact) mass is 556 g/mol. The van der Waals surface area contributed by atoms with Crippen LogP contribution >= 0.6 is 11.3 Å². The van der Waals surface area contributed by atoms with Gasteiger partial charge in [-0.2, -0.15) is 9.97 Å². The number of thiophene rings is 1. The average molecular weight is 557 g/mol. The second kappa shape index (κ2) is 8.99. The van der Waals surface area contributed by atoms with Gasteiger partial charge in [0, 0.05) is 45.1 Å². The van der Waals surface area contributed by atoms with E-state index >= 15 is 0 Å². The predicted molar refractivity (Wildman–Crippen MR) is 171 cm³/mol. The Morgan fingerprint density at radius 1 is 0.500 bits per heavy atom. The lowest BCUT2D eigenvalue weighted by atomic mass is 10.1. The Balaban J connectivity index is 1.44. The van der Waals surface area contributed by atoms with Crippen LogP contribution in [0.4, 0.5) is 0 Å². The normalized spacial score (nSPS) is 11.8. The van der Waals surface area contributed by atoms with Crippen molar-refractivity contribution in [3.8, 4) is 28.7 Å². The number of rotatable bonds is 3. The fraction of sp³-hybridized carbons (Fsp3) is 0. The van der Waals surface area contributed by atoms with E-state index in [0.717, 1.165) is 48.7 Å². The molecule has 4 heterocycles. The third kappa shape index (κ3) is 3.41. The van der Waals surface area contributed by atoms with E-state index < -0.39 is 0 Å². The third-order valence-electron chi connectivity index (χ3n) is 7.77. The van der Waals surface area contributed by atoms with Crippen LogP contribution in [0.3, 0.4) is 0 Å². The van der Waals surface area contributed by atoms with Gasteiger partial charge in [-0.1, -0.05) is 97.1 Å². The summed E-state index contributed by atoms with van der Waals surface area (Å²) in [5.41, 5.74) is 5.82. The van der Waals surface area contributed by atoms with Crippen molar-refractivity contribution in [3.05, 3.63) is 122 Å². The van der Waals surface area contributed by atoms with Crippen molar-refractivity contribution in [1.82, 2.24) is 29.5 Å². The maximum Gasteiger partial charge on any atom is 0.238 e. The molecule has 4 aromatic heterocycles. The highest BCUT2D eigenvalue weighted by atomic mass is 32.1. The van der Waals surface area contributed by atoms with Crippen LogP contribution in [0, 0.1) is 0 Å². The predicted octanol–water partition coefficient (Wildman–Crippen LogP) is 8.61. The number of hydrogen-bond donors (Lipinski definition) is 0. The van der Waals surface area contributed by atoms with Gasteiger partial charge >= 0.3 is 0 Å². The molecule has 196 valence electrons. The number of fused-ring (bicyclic) bond motifs is 9. The van der Waals surface area contributed by atoms with Crippen LogP contribution < -0.4 is 0 Å². The molecule has 9 rings (SSSR count). The molecule has 0 radical (unpaired) electrons. The lowest BCUT2D eigenvalue weighted by Gasteiger charge is -2.11. The van der Waals surface area contributed by atoms with Gasteiger partial charge < -0.3 is 0 Å². The molecular formula is C35H20N6S. The molecule has 0 atom stereocenters. The second-order valence-electron chi connectivity index (χ2n) is 10.2. The molecule has 42 heavy (non-hydrogen) atoms. The molecule has 0 N–H and O–H groups in total. The molecule has 0 aliphatic heterocycles. The Labute approximate surface area is 243 Å². The van der Waals surface area contributed by atoms with Crippen LogP contribution in [-0.4, -0.2) is 29.5 Å². The first-order valence-corrected chi connectivity index (χ1v) is 14.5. The molecule has 0 unspecified atom stereocenters. The zero-order valence-corrected chi connectivity index (χ0v) is 23.0. The zero-order chi connectivity index (χ0) is 27.6. The lowest BCUT2D eigenvalue weighted by Crippen LogP contribution is -2.06. The molecule has 9 aromatic rings. The fourth-order valence-corrected chi connectivity index (χ4v) is 7.21. The van der Waals surface area contributed by atoms with E-state index in [1.54, 1.807) is 23.7 Å². The van der Waals surface area contributed by atoms with Crippen LogP contribution in [0.5, 0.6) is 0 Å². The quantitative estimate of drug-likeness (QED) is 0.218. The van der Waals surface area contributed by atoms with Crippen LogP contribution in [0.1, 0.15) is 0 Å². The molecule has 0 saturated carbocycles. The van der Waals surface area contributed by atoms with Crippen LogP contribution in [0.2, 0.25) is 0 Å². The molecule has 0 fully saturated rings. The van der Waals surface area contributed by atoms with E-state index in [0.29, 0.717) is 17.6 Å². The molecule has 0 aliphatic carbocycles. The summed E-state index contributed by atoms with van der Waals surface area (Å²) in [6.07, 6.45) is 3.51. The molecule has 0 bridgehead atoms. The van der Waals surface area contributed by atoms with Gasteiger partial charge in [-0.15, -0.1) is 11.3 Å². The van der Waals surface area contributed by atoms with Crippen molar-refractivity contribution in [2.24, 2.45) is 0 Å². The molecule has 0 saturated heterocycles. The molecule has 0 amide bonds. The van der Waals surface area contributed by atoms with Crippen molar-refractivity contribution >= 4 is 64.3 Å². The van der Waals surface area contributed by atoms with Gasteiger partial charge in [-0.05, 0) is 12.1 Å². The first-order valence-electron chi connectivity index (χ1n) is 13.7.